The molecule has 0 unspecified atom stereocenters. The van der Waals surface area contributed by atoms with Crippen LogP contribution in [0.5, 0.6) is 23.0 Å². The molecular formula is C51H60N6O4. The van der Waals surface area contributed by atoms with Crippen LogP contribution in [0.15, 0.2) is 122 Å². The van der Waals surface area contributed by atoms with E-state index in [4.69, 9.17) is 28.9 Å². The molecule has 2 fully saturated rings. The molecule has 2 aromatic heterocycles. The predicted molar refractivity (Wildman–Crippen MR) is 247 cm³/mol. The van der Waals surface area contributed by atoms with Crippen molar-refractivity contribution in [2.75, 3.05) is 63.6 Å². The second-order valence-corrected chi connectivity index (χ2v) is 16.2. The van der Waals surface area contributed by atoms with Gasteiger partial charge >= 0.3 is 0 Å². The average molecular weight is 821 g/mol. The van der Waals surface area contributed by atoms with Gasteiger partial charge in [0.2, 0.25) is 0 Å². The van der Waals surface area contributed by atoms with E-state index in [1.807, 2.05) is 12.1 Å². The van der Waals surface area contributed by atoms with E-state index in [0.717, 1.165) is 134 Å². The summed E-state index contributed by atoms with van der Waals surface area (Å²) in [6.07, 6.45) is 7.80. The molecule has 10 nitrogen and oxygen atoms in total. The fourth-order valence-electron chi connectivity index (χ4n) is 8.81. The van der Waals surface area contributed by atoms with Gasteiger partial charge in [-0.3, -0.25) is 19.8 Å². The highest BCUT2D eigenvalue weighted by Gasteiger charge is 2.36. The zero-order valence-electron chi connectivity index (χ0n) is 36.0. The number of anilines is 2. The molecule has 4 heterocycles. The quantitative estimate of drug-likeness (QED) is 0.0475. The molecule has 0 amide bonds. The van der Waals surface area contributed by atoms with Gasteiger partial charge in [-0.15, -0.1) is 0 Å². The zero-order valence-corrected chi connectivity index (χ0v) is 36.0. The lowest BCUT2D eigenvalue weighted by molar-refractivity contribution is 0.183. The number of benzene rings is 4. The minimum Gasteiger partial charge on any atom is -0.493 e. The van der Waals surface area contributed by atoms with Crippen LogP contribution < -0.4 is 29.0 Å². The van der Waals surface area contributed by atoms with Crippen LogP contribution in [0.1, 0.15) is 56.6 Å². The first-order valence-corrected chi connectivity index (χ1v) is 22.0. The third kappa shape index (κ3) is 10.0. The number of piperidine rings is 2. The zero-order chi connectivity index (χ0) is 42.0. The van der Waals surface area contributed by atoms with E-state index in [1.165, 1.54) is 11.1 Å². The van der Waals surface area contributed by atoms with E-state index in [0.29, 0.717) is 13.2 Å². The van der Waals surface area contributed by atoms with Gasteiger partial charge in [-0.05, 0) is 104 Å². The van der Waals surface area contributed by atoms with Crippen LogP contribution in [0, 0.1) is 0 Å². The summed E-state index contributed by atoms with van der Waals surface area (Å²) in [7, 11) is 3.39. The SMILES string of the molecule is C=CCOc1cc(CN2CCC(N(c3ccc4ccccc4n3)N(c3ccc4ccccc4n3)C3CCN(Cc4ccc(OC)c(OCCCC)c4)CC3)CC2)ccc1OC. The van der Waals surface area contributed by atoms with E-state index in [1.54, 1.807) is 20.3 Å². The smallest absolute Gasteiger partial charge is 0.161 e. The van der Waals surface area contributed by atoms with Crippen molar-refractivity contribution >= 4 is 33.4 Å². The molecular weight excluding hydrogens is 761 g/mol. The maximum atomic E-state index is 6.16. The second kappa shape index (κ2) is 20.1. The number of methoxy groups -OCH3 is 2. The normalized spacial score (nSPS) is 15.5. The molecule has 6 aromatic rings. The van der Waals surface area contributed by atoms with Gasteiger partial charge in [-0.1, -0.05) is 74.5 Å². The highest BCUT2D eigenvalue weighted by Crippen LogP contribution is 2.36. The van der Waals surface area contributed by atoms with Gasteiger partial charge in [0.15, 0.2) is 23.0 Å². The van der Waals surface area contributed by atoms with E-state index in [-0.39, 0.29) is 12.1 Å². The van der Waals surface area contributed by atoms with E-state index in [2.05, 4.69) is 130 Å². The standard InChI is InChI=1S/C51H60N6O4/c1-5-7-33-61-49-35-39(17-21-47(49)59-4)37-55-30-26-43(27-31-55)57(51-23-19-41-13-9-11-15-45(41)53-51)56(50-22-18-40-12-8-10-14-44(40)52-50)42-24-28-54(29-25-42)36-38-16-20-46(58-3)48(34-38)60-32-6-2/h6,8-23,34-35,42-43H,2,5,7,24-33,36-37H2,1,3-4H3. The minimum atomic E-state index is 0.212. The van der Waals surface area contributed by atoms with Crippen molar-refractivity contribution < 1.29 is 18.9 Å². The third-order valence-electron chi connectivity index (χ3n) is 12.1. The number of aromatic nitrogens is 2. The molecule has 0 bridgehead atoms. The Hall–Kier alpha value is -5.84. The summed E-state index contributed by atoms with van der Waals surface area (Å²) in [4.78, 5) is 15.9. The molecule has 0 saturated carbocycles. The molecule has 0 radical (unpaired) electrons. The molecule has 0 atom stereocenters. The van der Waals surface area contributed by atoms with Gasteiger partial charge < -0.3 is 18.9 Å². The maximum absolute atomic E-state index is 6.16. The summed E-state index contributed by atoms with van der Waals surface area (Å²) in [5, 5.41) is 7.33. The molecule has 10 heteroatoms. The number of ether oxygens (including phenoxy) is 4. The average Bonchev–Trinajstić information content (AvgIpc) is 3.30. The predicted octanol–water partition coefficient (Wildman–Crippen LogP) is 10.1. The Morgan fingerprint density at radius 3 is 1.54 bits per heavy atom. The van der Waals surface area contributed by atoms with Gasteiger partial charge in [0, 0.05) is 50.0 Å². The number of para-hydroxylation sites is 2. The van der Waals surface area contributed by atoms with Crippen molar-refractivity contribution in [3.05, 3.63) is 133 Å². The number of rotatable bonds is 18. The number of likely N-dealkylation sites (tertiary alicyclic amines) is 2. The molecule has 0 spiro atoms. The molecule has 4 aromatic carbocycles. The Bertz CT molecular complexity index is 2370. The van der Waals surface area contributed by atoms with Gasteiger partial charge in [-0.2, -0.15) is 0 Å². The van der Waals surface area contributed by atoms with E-state index < -0.39 is 0 Å². The van der Waals surface area contributed by atoms with Crippen molar-refractivity contribution in [2.45, 2.75) is 70.6 Å². The van der Waals surface area contributed by atoms with Gasteiger partial charge in [0.1, 0.15) is 18.2 Å². The van der Waals surface area contributed by atoms with Crippen LogP contribution in [0.25, 0.3) is 21.8 Å². The van der Waals surface area contributed by atoms with Crippen molar-refractivity contribution in [3.8, 4) is 23.0 Å². The first kappa shape index (κ1) is 41.9. The summed E-state index contributed by atoms with van der Waals surface area (Å²) < 4.78 is 23.3. The molecule has 318 valence electrons. The molecule has 2 aliphatic rings. The number of hydrogen-bond acceptors (Lipinski definition) is 10. The number of nitrogens with zero attached hydrogens (tertiary/aromatic N) is 6. The molecule has 0 N–H and O–H groups in total. The number of hydrazine groups is 1. The fraction of sp³-hybridized carbons (Fsp3) is 0.373. The fourth-order valence-corrected chi connectivity index (χ4v) is 8.81. The van der Waals surface area contributed by atoms with Crippen LogP contribution in [-0.2, 0) is 13.1 Å². The van der Waals surface area contributed by atoms with Gasteiger partial charge in [-0.25, -0.2) is 9.97 Å². The van der Waals surface area contributed by atoms with Crippen molar-refractivity contribution in [3.63, 3.8) is 0 Å². The largest absolute Gasteiger partial charge is 0.493 e. The van der Waals surface area contributed by atoms with Crippen molar-refractivity contribution in [1.29, 1.82) is 0 Å². The van der Waals surface area contributed by atoms with Crippen molar-refractivity contribution in [1.82, 2.24) is 19.8 Å². The number of hydrogen-bond donors (Lipinski definition) is 0. The Morgan fingerprint density at radius 1 is 0.607 bits per heavy atom. The van der Waals surface area contributed by atoms with Crippen LogP contribution in [-0.4, -0.2) is 85.5 Å². The molecule has 8 rings (SSSR count). The lowest BCUT2D eigenvalue weighted by Gasteiger charge is -2.49. The second-order valence-electron chi connectivity index (χ2n) is 16.2. The topological polar surface area (TPSA) is 75.7 Å². The summed E-state index contributed by atoms with van der Waals surface area (Å²) in [5.41, 5.74) is 4.43. The third-order valence-corrected chi connectivity index (χ3v) is 12.1. The van der Waals surface area contributed by atoms with E-state index in [9.17, 15) is 0 Å². The van der Waals surface area contributed by atoms with Crippen LogP contribution >= 0.6 is 0 Å². The Labute approximate surface area is 361 Å². The Kier molecular flexibility index (Phi) is 13.8. The molecule has 61 heavy (non-hydrogen) atoms. The first-order chi connectivity index (χ1) is 30.0. The van der Waals surface area contributed by atoms with Crippen LogP contribution in [0.3, 0.4) is 0 Å². The van der Waals surface area contributed by atoms with Crippen LogP contribution in [0.4, 0.5) is 11.6 Å². The van der Waals surface area contributed by atoms with E-state index >= 15 is 0 Å². The molecule has 2 saturated heterocycles. The van der Waals surface area contributed by atoms with Crippen LogP contribution in [0.2, 0.25) is 0 Å². The minimum absolute atomic E-state index is 0.212. The monoisotopic (exact) mass is 820 g/mol. The highest BCUT2D eigenvalue weighted by atomic mass is 16.5. The van der Waals surface area contributed by atoms with Gasteiger partial charge in [0.25, 0.3) is 0 Å². The summed E-state index contributed by atoms with van der Waals surface area (Å²) in [5.74, 6) is 5.02. The number of fused-ring (bicyclic) bond motifs is 2. The summed E-state index contributed by atoms with van der Waals surface area (Å²) in [6, 6.07) is 38.8. The molecule has 0 aliphatic carbocycles. The van der Waals surface area contributed by atoms with Crippen molar-refractivity contribution in [2.24, 2.45) is 0 Å². The first-order valence-electron chi connectivity index (χ1n) is 22.0. The number of unbranched alkanes of at least 4 members (excludes halogenated alkanes) is 1. The highest BCUT2D eigenvalue weighted by molar-refractivity contribution is 5.82. The number of pyridine rings is 2. The Balaban J connectivity index is 1.07. The lowest BCUT2D eigenvalue weighted by Crippen LogP contribution is -2.59. The summed E-state index contributed by atoms with van der Waals surface area (Å²) >= 11 is 0. The maximum Gasteiger partial charge on any atom is 0.161 e. The lowest BCUT2D eigenvalue weighted by atomic mass is 10.0. The van der Waals surface area contributed by atoms with Gasteiger partial charge in [0.05, 0.1) is 43.9 Å². The molecule has 2 aliphatic heterocycles. The summed E-state index contributed by atoms with van der Waals surface area (Å²) in [6.45, 7) is 12.7. The Morgan fingerprint density at radius 2 is 1.08 bits per heavy atom.